The fraction of sp³-hybridized carbons (Fsp3) is 0.611. The molecule has 0 amide bonds. The second-order valence-electron chi connectivity index (χ2n) is 7.02. The molecule has 1 saturated heterocycles. The molecule has 0 aromatic heterocycles. The maximum Gasteiger partial charge on any atom is 0.310 e. The molecule has 0 bridgehead atoms. The van der Waals surface area contributed by atoms with Gasteiger partial charge in [-0.1, -0.05) is 30.3 Å². The van der Waals surface area contributed by atoms with Gasteiger partial charge in [-0.05, 0) is 31.7 Å². The number of piperidine rings is 1. The summed E-state index contributed by atoms with van der Waals surface area (Å²) in [4.78, 5) is 12.4. The van der Waals surface area contributed by atoms with E-state index in [0.717, 1.165) is 32.4 Å². The third-order valence-electron chi connectivity index (χ3n) is 5.11. The first-order valence-corrected chi connectivity index (χ1v) is 8.17. The number of rotatable bonds is 4. The largest absolute Gasteiger partial charge is 0.459 e. The van der Waals surface area contributed by atoms with Crippen LogP contribution >= 0.6 is 0 Å². The van der Waals surface area contributed by atoms with Gasteiger partial charge in [0.2, 0.25) is 0 Å². The zero-order chi connectivity index (χ0) is 14.9. The number of ether oxygens (including phenoxy) is 1. The van der Waals surface area contributed by atoms with Crippen LogP contribution in [0.3, 0.4) is 0 Å². The van der Waals surface area contributed by atoms with Crippen molar-refractivity contribution < 1.29 is 14.8 Å². The Balaban J connectivity index is 1.57. The minimum absolute atomic E-state index is 0.00315. The van der Waals surface area contributed by atoms with Crippen molar-refractivity contribution in [1.82, 2.24) is 0 Å². The molecule has 1 aromatic carbocycles. The Labute approximate surface area is 127 Å². The summed E-state index contributed by atoms with van der Waals surface area (Å²) >= 11 is 0. The fourth-order valence-corrected chi connectivity index (χ4v) is 3.56. The molecule has 2 N–H and O–H groups in total. The molecule has 21 heavy (non-hydrogen) atoms. The molecule has 114 valence electrons. The Morgan fingerprint density at radius 3 is 2.52 bits per heavy atom. The number of carbonyl (C=O) groups excluding carboxylic acids is 1. The second kappa shape index (κ2) is 5.80. The van der Waals surface area contributed by atoms with Gasteiger partial charge >= 0.3 is 5.97 Å². The van der Waals surface area contributed by atoms with E-state index in [1.54, 1.807) is 0 Å². The third kappa shape index (κ3) is 3.29. The quantitative estimate of drug-likeness (QED) is 0.862. The molecule has 0 radical (unpaired) electrons. The standard InChI is InChI=1S/C18H25NO2/c1-18(2,14-8-10-19-11-9-14)21-17(20)16-12-15(16)13-6-4-3-5-7-13/h3-7,14-16,19H,8-12H2,1-2H3/p+1. The molecule has 3 heteroatoms. The first kappa shape index (κ1) is 14.6. The summed E-state index contributed by atoms with van der Waals surface area (Å²) in [5.41, 5.74) is 0.944. The first-order chi connectivity index (χ1) is 10.1. The van der Waals surface area contributed by atoms with E-state index in [0.29, 0.717) is 11.8 Å². The lowest BCUT2D eigenvalue weighted by molar-refractivity contribution is -0.665. The highest BCUT2D eigenvalue weighted by molar-refractivity contribution is 5.77. The average molecular weight is 288 g/mol. The molecule has 1 aliphatic heterocycles. The minimum Gasteiger partial charge on any atom is -0.459 e. The van der Waals surface area contributed by atoms with E-state index < -0.39 is 0 Å². The van der Waals surface area contributed by atoms with Gasteiger partial charge in [0.05, 0.1) is 19.0 Å². The molecule has 1 heterocycles. The van der Waals surface area contributed by atoms with Crippen molar-refractivity contribution >= 4 is 5.97 Å². The van der Waals surface area contributed by atoms with Crippen molar-refractivity contribution in [2.45, 2.75) is 44.6 Å². The molecule has 2 unspecified atom stereocenters. The molecule has 0 spiro atoms. The molecular weight excluding hydrogens is 262 g/mol. The number of quaternary nitrogens is 1. The molecule has 3 rings (SSSR count). The monoisotopic (exact) mass is 288 g/mol. The van der Waals surface area contributed by atoms with Crippen LogP contribution in [-0.4, -0.2) is 24.7 Å². The van der Waals surface area contributed by atoms with Crippen LogP contribution in [0.1, 0.15) is 44.6 Å². The van der Waals surface area contributed by atoms with E-state index in [1.807, 2.05) is 18.2 Å². The van der Waals surface area contributed by atoms with Gasteiger partial charge < -0.3 is 10.1 Å². The SMILES string of the molecule is CC(C)(OC(=O)C1CC1c1ccccc1)C1CC[NH2+]CC1. The van der Waals surface area contributed by atoms with Crippen LogP contribution in [0.2, 0.25) is 0 Å². The Morgan fingerprint density at radius 2 is 1.86 bits per heavy atom. The Kier molecular flexibility index (Phi) is 4.03. The van der Waals surface area contributed by atoms with Crippen molar-refractivity contribution in [1.29, 1.82) is 0 Å². The van der Waals surface area contributed by atoms with Gasteiger partial charge in [-0.15, -0.1) is 0 Å². The predicted octanol–water partition coefficient (Wildman–Crippen LogP) is 2.09. The predicted molar refractivity (Wildman–Crippen MR) is 81.8 cm³/mol. The smallest absolute Gasteiger partial charge is 0.310 e. The summed E-state index contributed by atoms with van der Waals surface area (Å²) in [6.45, 7) is 6.48. The fourth-order valence-electron chi connectivity index (χ4n) is 3.56. The zero-order valence-corrected chi connectivity index (χ0v) is 13.0. The van der Waals surface area contributed by atoms with Crippen molar-refractivity contribution in [3.05, 3.63) is 35.9 Å². The van der Waals surface area contributed by atoms with Gasteiger partial charge in [-0.2, -0.15) is 0 Å². The summed E-state index contributed by atoms with van der Waals surface area (Å²) in [5.74, 6) is 0.944. The summed E-state index contributed by atoms with van der Waals surface area (Å²) in [5, 5.41) is 2.35. The average Bonchev–Trinajstić information content (AvgIpc) is 3.29. The first-order valence-electron chi connectivity index (χ1n) is 8.17. The van der Waals surface area contributed by atoms with E-state index in [2.05, 4.69) is 31.3 Å². The van der Waals surface area contributed by atoms with Gasteiger partial charge in [0.15, 0.2) is 0 Å². The van der Waals surface area contributed by atoms with Crippen LogP contribution in [0.15, 0.2) is 30.3 Å². The summed E-state index contributed by atoms with van der Waals surface area (Å²) < 4.78 is 5.90. The Hall–Kier alpha value is -1.35. The molecule has 3 nitrogen and oxygen atoms in total. The van der Waals surface area contributed by atoms with Crippen LogP contribution in [0.25, 0.3) is 0 Å². The number of benzene rings is 1. The zero-order valence-electron chi connectivity index (χ0n) is 13.0. The minimum atomic E-state index is -0.324. The van der Waals surface area contributed by atoms with E-state index in [9.17, 15) is 4.79 Å². The van der Waals surface area contributed by atoms with E-state index in [1.165, 1.54) is 5.56 Å². The van der Waals surface area contributed by atoms with E-state index >= 15 is 0 Å². The van der Waals surface area contributed by atoms with Gasteiger partial charge in [-0.3, -0.25) is 4.79 Å². The highest BCUT2D eigenvalue weighted by atomic mass is 16.6. The molecule has 1 saturated carbocycles. The van der Waals surface area contributed by atoms with Crippen LogP contribution < -0.4 is 5.32 Å². The summed E-state index contributed by atoms with van der Waals surface area (Å²) in [6, 6.07) is 10.3. The molecule has 1 aliphatic carbocycles. The van der Waals surface area contributed by atoms with Crippen LogP contribution in [0.4, 0.5) is 0 Å². The van der Waals surface area contributed by atoms with Gasteiger partial charge in [-0.25, -0.2) is 0 Å². The normalized spacial score (nSPS) is 26.4. The van der Waals surface area contributed by atoms with Crippen molar-refractivity contribution in [3.63, 3.8) is 0 Å². The van der Waals surface area contributed by atoms with Gasteiger partial charge in [0.25, 0.3) is 0 Å². The number of nitrogens with two attached hydrogens (primary N) is 1. The molecule has 2 atom stereocenters. The lowest BCUT2D eigenvalue weighted by Crippen LogP contribution is -2.86. The lowest BCUT2D eigenvalue weighted by Gasteiger charge is -2.35. The Bertz CT molecular complexity index is 491. The molecular formula is C18H26NO2+. The van der Waals surface area contributed by atoms with Crippen LogP contribution in [0, 0.1) is 11.8 Å². The van der Waals surface area contributed by atoms with Gasteiger partial charge in [0.1, 0.15) is 5.60 Å². The van der Waals surface area contributed by atoms with E-state index in [4.69, 9.17) is 4.74 Å². The molecule has 2 aliphatic rings. The second-order valence-corrected chi connectivity index (χ2v) is 7.02. The van der Waals surface area contributed by atoms with E-state index in [-0.39, 0.29) is 17.5 Å². The maximum atomic E-state index is 12.4. The van der Waals surface area contributed by atoms with Crippen molar-refractivity contribution in [2.75, 3.05) is 13.1 Å². The van der Waals surface area contributed by atoms with Crippen LogP contribution in [0.5, 0.6) is 0 Å². The molecule has 1 aromatic rings. The van der Waals surface area contributed by atoms with Gasteiger partial charge in [0, 0.05) is 18.8 Å². The summed E-state index contributed by atoms with van der Waals surface area (Å²) in [6.07, 6.45) is 3.23. The topological polar surface area (TPSA) is 42.9 Å². The maximum absolute atomic E-state index is 12.4. The van der Waals surface area contributed by atoms with Crippen molar-refractivity contribution in [2.24, 2.45) is 11.8 Å². The molecule has 2 fully saturated rings. The number of esters is 1. The van der Waals surface area contributed by atoms with Crippen molar-refractivity contribution in [3.8, 4) is 0 Å². The number of hydrogen-bond donors (Lipinski definition) is 1. The Morgan fingerprint density at radius 1 is 1.19 bits per heavy atom. The highest BCUT2D eigenvalue weighted by Gasteiger charge is 2.47. The number of hydrogen-bond acceptors (Lipinski definition) is 2. The number of carbonyl (C=O) groups is 1. The van der Waals surface area contributed by atoms with Crippen LogP contribution in [-0.2, 0) is 9.53 Å². The highest BCUT2D eigenvalue weighted by Crippen LogP contribution is 2.48. The third-order valence-corrected chi connectivity index (χ3v) is 5.11. The summed E-state index contributed by atoms with van der Waals surface area (Å²) in [7, 11) is 0. The lowest BCUT2D eigenvalue weighted by atomic mass is 9.83.